The Labute approximate surface area is 112 Å². The molecule has 0 aromatic rings. The molecule has 0 saturated heterocycles. The summed E-state index contributed by atoms with van der Waals surface area (Å²) >= 11 is 0. The number of ether oxygens (including phenoxy) is 1. The van der Waals surface area contributed by atoms with Crippen LogP contribution in [0.25, 0.3) is 0 Å². The first-order valence-corrected chi connectivity index (χ1v) is 5.51. The molecule has 0 aliphatic carbocycles. The topological polar surface area (TPSA) is 72.5 Å². The van der Waals surface area contributed by atoms with Crippen LogP contribution in [0.3, 0.4) is 0 Å². The van der Waals surface area contributed by atoms with E-state index in [2.05, 4.69) is 25.1 Å². The molecule has 2 amide bonds. The molecule has 0 aliphatic heterocycles. The van der Waals surface area contributed by atoms with E-state index in [-0.39, 0.29) is 24.2 Å². The van der Waals surface area contributed by atoms with Crippen LogP contribution in [0.4, 0.5) is 0 Å². The lowest BCUT2D eigenvalue weighted by Gasteiger charge is -2.02. The predicted octanol–water partition coefficient (Wildman–Crippen LogP) is 1.44. The van der Waals surface area contributed by atoms with E-state index in [0.717, 1.165) is 6.08 Å². The van der Waals surface area contributed by atoms with Gasteiger partial charge in [-0.1, -0.05) is 31.9 Å². The molecule has 5 heteroatoms. The van der Waals surface area contributed by atoms with Crippen LogP contribution >= 0.6 is 0 Å². The number of nitrogens with one attached hydrogen (secondary N) is 1. The summed E-state index contributed by atoms with van der Waals surface area (Å²) in [5.74, 6) is -1.68. The van der Waals surface area contributed by atoms with E-state index in [1.807, 2.05) is 0 Å². The van der Waals surface area contributed by atoms with Gasteiger partial charge in [-0.3, -0.25) is 14.9 Å². The molecule has 19 heavy (non-hydrogen) atoms. The quantitative estimate of drug-likeness (QED) is 0.428. The first-order chi connectivity index (χ1) is 8.88. The molecule has 102 valence electrons. The van der Waals surface area contributed by atoms with Crippen LogP contribution in [-0.4, -0.2) is 24.4 Å². The van der Waals surface area contributed by atoms with Gasteiger partial charge in [0.15, 0.2) is 0 Å². The Morgan fingerprint density at radius 3 is 2.42 bits per heavy atom. The van der Waals surface area contributed by atoms with E-state index in [1.165, 1.54) is 19.1 Å². The number of esters is 1. The van der Waals surface area contributed by atoms with Gasteiger partial charge in [0.05, 0.1) is 0 Å². The normalized spacial score (nSPS) is 9.74. The van der Waals surface area contributed by atoms with Crippen LogP contribution in [0.1, 0.15) is 13.3 Å². The van der Waals surface area contributed by atoms with Crippen molar-refractivity contribution in [1.82, 2.24) is 5.32 Å². The van der Waals surface area contributed by atoms with Crippen molar-refractivity contribution < 1.29 is 19.1 Å². The second kappa shape index (κ2) is 8.63. The Kier molecular flexibility index (Phi) is 7.53. The molecule has 5 nitrogen and oxygen atoms in total. The lowest BCUT2D eigenvalue weighted by molar-refractivity contribution is -0.138. The van der Waals surface area contributed by atoms with Crippen molar-refractivity contribution in [3.63, 3.8) is 0 Å². The zero-order valence-corrected chi connectivity index (χ0v) is 10.9. The van der Waals surface area contributed by atoms with Gasteiger partial charge in [-0.05, 0) is 19.4 Å². The van der Waals surface area contributed by atoms with E-state index in [0.29, 0.717) is 0 Å². The summed E-state index contributed by atoms with van der Waals surface area (Å²) in [5.41, 5.74) is 0.441. The summed E-state index contributed by atoms with van der Waals surface area (Å²) in [4.78, 5) is 33.6. The summed E-state index contributed by atoms with van der Waals surface area (Å²) in [6, 6.07) is 0. The van der Waals surface area contributed by atoms with Gasteiger partial charge < -0.3 is 4.74 Å². The van der Waals surface area contributed by atoms with Gasteiger partial charge in [-0.2, -0.15) is 0 Å². The summed E-state index contributed by atoms with van der Waals surface area (Å²) in [5, 5.41) is 2.09. The molecule has 0 bridgehead atoms. The van der Waals surface area contributed by atoms with Crippen molar-refractivity contribution >= 4 is 17.8 Å². The number of hydrogen-bond acceptors (Lipinski definition) is 4. The third-order valence-corrected chi connectivity index (χ3v) is 1.88. The average Bonchev–Trinajstić information content (AvgIpc) is 2.35. The monoisotopic (exact) mass is 263 g/mol. The molecule has 0 aliphatic rings. The van der Waals surface area contributed by atoms with Gasteiger partial charge in [-0.15, -0.1) is 0 Å². The largest absolute Gasteiger partial charge is 0.458 e. The van der Waals surface area contributed by atoms with Crippen LogP contribution in [-0.2, 0) is 19.1 Å². The zero-order chi connectivity index (χ0) is 14.8. The highest BCUT2D eigenvalue weighted by Gasteiger charge is 2.07. The Balaban J connectivity index is 4.14. The lowest BCUT2D eigenvalue weighted by atomic mass is 10.2. The molecule has 0 heterocycles. The van der Waals surface area contributed by atoms with Crippen molar-refractivity contribution in [2.24, 2.45) is 0 Å². The number of carbonyl (C=O) groups excluding carboxylic acids is 3. The zero-order valence-electron chi connectivity index (χ0n) is 10.9. The maximum Gasteiger partial charge on any atom is 0.334 e. The summed E-state index contributed by atoms with van der Waals surface area (Å²) in [7, 11) is 0. The van der Waals surface area contributed by atoms with E-state index in [9.17, 15) is 14.4 Å². The van der Waals surface area contributed by atoms with E-state index >= 15 is 0 Å². The van der Waals surface area contributed by atoms with E-state index in [1.54, 1.807) is 0 Å². The molecule has 0 spiro atoms. The highest BCUT2D eigenvalue weighted by atomic mass is 16.5. The van der Waals surface area contributed by atoms with Crippen LogP contribution in [0.5, 0.6) is 0 Å². The van der Waals surface area contributed by atoms with Crippen LogP contribution in [0.2, 0.25) is 0 Å². The summed E-state index contributed by atoms with van der Waals surface area (Å²) in [6.45, 7) is 11.9. The third-order valence-electron chi connectivity index (χ3n) is 1.88. The number of hydrogen-bond donors (Lipinski definition) is 1. The van der Waals surface area contributed by atoms with Gasteiger partial charge in [0.1, 0.15) is 6.61 Å². The SMILES string of the molecule is C=CCOC(=O)C(=C)CC=CC(=O)NC(=O)C(=C)C. The van der Waals surface area contributed by atoms with Gasteiger partial charge in [0.2, 0.25) is 5.91 Å². The van der Waals surface area contributed by atoms with Gasteiger partial charge >= 0.3 is 5.97 Å². The number of amides is 2. The first kappa shape index (κ1) is 16.6. The minimum atomic E-state index is -0.583. The first-order valence-electron chi connectivity index (χ1n) is 5.51. The van der Waals surface area contributed by atoms with E-state index in [4.69, 9.17) is 4.74 Å². The molecule has 0 saturated carbocycles. The van der Waals surface area contributed by atoms with Crippen LogP contribution in [0.15, 0.2) is 49.1 Å². The van der Waals surface area contributed by atoms with Crippen molar-refractivity contribution in [3.8, 4) is 0 Å². The molecule has 0 rings (SSSR count). The second-order valence-electron chi connectivity index (χ2n) is 3.70. The summed E-state index contributed by atoms with van der Waals surface area (Å²) in [6.07, 6.45) is 4.16. The average molecular weight is 263 g/mol. The number of rotatable bonds is 7. The molecule has 0 aromatic heterocycles. The molecular formula is C14H17NO4. The lowest BCUT2D eigenvalue weighted by Crippen LogP contribution is -2.29. The van der Waals surface area contributed by atoms with Gasteiger partial charge in [0.25, 0.3) is 5.91 Å². The minimum absolute atomic E-state index is 0.106. The molecule has 0 aromatic carbocycles. The molecule has 0 unspecified atom stereocenters. The van der Waals surface area contributed by atoms with Crippen molar-refractivity contribution in [2.75, 3.05) is 6.61 Å². The molecule has 0 atom stereocenters. The van der Waals surface area contributed by atoms with Crippen molar-refractivity contribution in [2.45, 2.75) is 13.3 Å². The Morgan fingerprint density at radius 1 is 1.26 bits per heavy atom. The Morgan fingerprint density at radius 2 is 1.89 bits per heavy atom. The van der Waals surface area contributed by atoms with Crippen molar-refractivity contribution in [3.05, 3.63) is 49.1 Å². The fourth-order valence-corrected chi connectivity index (χ4v) is 0.888. The maximum atomic E-state index is 11.3. The number of carbonyl (C=O) groups is 3. The smallest absolute Gasteiger partial charge is 0.334 e. The number of allylic oxidation sites excluding steroid dienone is 1. The van der Waals surface area contributed by atoms with E-state index < -0.39 is 17.8 Å². The minimum Gasteiger partial charge on any atom is -0.458 e. The van der Waals surface area contributed by atoms with Crippen LogP contribution in [0, 0.1) is 0 Å². The third kappa shape index (κ3) is 7.49. The highest BCUT2D eigenvalue weighted by molar-refractivity contribution is 6.07. The maximum absolute atomic E-state index is 11.3. The van der Waals surface area contributed by atoms with Gasteiger partial charge in [-0.25, -0.2) is 4.79 Å². The van der Waals surface area contributed by atoms with Gasteiger partial charge in [0, 0.05) is 11.1 Å². The predicted molar refractivity (Wildman–Crippen MR) is 72.0 cm³/mol. The van der Waals surface area contributed by atoms with Crippen LogP contribution < -0.4 is 5.32 Å². The second-order valence-corrected chi connectivity index (χ2v) is 3.70. The number of imide groups is 1. The standard InChI is InChI=1S/C14H17NO4/c1-5-9-19-14(18)11(4)7-6-8-12(16)15-13(17)10(2)3/h5-6,8H,1-2,4,7,9H2,3H3,(H,15,16,17). The molecular weight excluding hydrogens is 246 g/mol. The highest BCUT2D eigenvalue weighted by Crippen LogP contribution is 2.02. The molecule has 0 fully saturated rings. The fraction of sp³-hybridized carbons (Fsp3) is 0.214. The summed E-state index contributed by atoms with van der Waals surface area (Å²) < 4.78 is 4.75. The Bertz CT molecular complexity index is 446. The molecule has 0 radical (unpaired) electrons. The fourth-order valence-electron chi connectivity index (χ4n) is 0.888. The Hall–Kier alpha value is -2.43. The molecule has 1 N–H and O–H groups in total. The van der Waals surface area contributed by atoms with Crippen molar-refractivity contribution in [1.29, 1.82) is 0 Å².